The molecule has 0 unspecified atom stereocenters. The van der Waals surface area contributed by atoms with Crippen LogP contribution in [0.2, 0.25) is 0 Å². The van der Waals surface area contributed by atoms with Crippen molar-refractivity contribution in [3.8, 4) is 6.07 Å². The number of benzene rings is 1. The molecule has 4 nitrogen and oxygen atoms in total. The van der Waals surface area contributed by atoms with Crippen LogP contribution in [0.25, 0.3) is 0 Å². The zero-order valence-corrected chi connectivity index (χ0v) is 12.1. The molecule has 1 heterocycles. The maximum atomic E-state index is 9.75. The van der Waals surface area contributed by atoms with Gasteiger partial charge in [0.05, 0.1) is 25.9 Å². The van der Waals surface area contributed by atoms with Gasteiger partial charge in [-0.3, -0.25) is 4.90 Å². The van der Waals surface area contributed by atoms with E-state index >= 15 is 0 Å². The molecule has 1 fully saturated rings. The summed E-state index contributed by atoms with van der Waals surface area (Å²) in [4.78, 5) is 2.11. The minimum atomic E-state index is -0.941. The largest absolute Gasteiger partial charge is 0.393 e. The Kier molecular flexibility index (Phi) is 4.77. The molecule has 1 aromatic carbocycles. The lowest BCUT2D eigenvalue weighted by Gasteiger charge is -2.47. The lowest BCUT2D eigenvalue weighted by atomic mass is 9.91. The van der Waals surface area contributed by atoms with Gasteiger partial charge >= 0.3 is 0 Å². The Morgan fingerprint density at radius 1 is 1.45 bits per heavy atom. The Balaban J connectivity index is 2.31. The van der Waals surface area contributed by atoms with E-state index in [0.717, 1.165) is 5.56 Å². The highest BCUT2D eigenvalue weighted by molar-refractivity contribution is 5.19. The highest BCUT2D eigenvalue weighted by Crippen LogP contribution is 2.29. The smallest absolute Gasteiger partial charge is 0.156 e. The highest BCUT2D eigenvalue weighted by Gasteiger charge is 2.45. The zero-order valence-electron chi connectivity index (χ0n) is 12.1. The average molecular weight is 274 g/mol. The van der Waals surface area contributed by atoms with Gasteiger partial charge in [-0.05, 0) is 11.5 Å². The van der Waals surface area contributed by atoms with Crippen LogP contribution in [0.5, 0.6) is 0 Å². The first-order valence-corrected chi connectivity index (χ1v) is 7.03. The van der Waals surface area contributed by atoms with Crippen molar-refractivity contribution in [1.82, 2.24) is 4.90 Å². The van der Waals surface area contributed by atoms with Gasteiger partial charge in [0, 0.05) is 12.6 Å². The lowest BCUT2D eigenvalue weighted by Crippen LogP contribution is -2.63. The molecule has 0 amide bonds. The molecule has 1 N–H and O–H groups in total. The Morgan fingerprint density at radius 2 is 2.15 bits per heavy atom. The van der Waals surface area contributed by atoms with E-state index in [2.05, 4.69) is 24.8 Å². The maximum absolute atomic E-state index is 9.75. The third-order valence-electron chi connectivity index (χ3n) is 4.01. The number of nitrogens with zero attached hydrogens (tertiary/aromatic N) is 2. The summed E-state index contributed by atoms with van der Waals surface area (Å²) in [5.74, 6) is 0.360. The zero-order chi connectivity index (χ0) is 14.6. The topological polar surface area (TPSA) is 56.5 Å². The van der Waals surface area contributed by atoms with Crippen molar-refractivity contribution in [3.05, 3.63) is 35.9 Å². The molecule has 1 aliphatic heterocycles. The molecule has 0 aliphatic carbocycles. The van der Waals surface area contributed by atoms with Gasteiger partial charge in [0.1, 0.15) is 0 Å². The van der Waals surface area contributed by atoms with Gasteiger partial charge in [0.25, 0.3) is 0 Å². The molecule has 0 spiro atoms. The van der Waals surface area contributed by atoms with Crippen LogP contribution in [0.15, 0.2) is 30.3 Å². The fourth-order valence-corrected chi connectivity index (χ4v) is 2.71. The molecule has 1 aliphatic rings. The van der Waals surface area contributed by atoms with E-state index in [-0.39, 0.29) is 19.3 Å². The van der Waals surface area contributed by atoms with Crippen LogP contribution in [0.1, 0.15) is 19.4 Å². The molecule has 0 radical (unpaired) electrons. The molecule has 0 bridgehead atoms. The minimum Gasteiger partial charge on any atom is -0.393 e. The van der Waals surface area contributed by atoms with E-state index in [0.29, 0.717) is 19.1 Å². The normalized spacial score (nSPS) is 27.4. The third kappa shape index (κ3) is 2.85. The number of hydrogen-bond donors (Lipinski definition) is 1. The fourth-order valence-electron chi connectivity index (χ4n) is 2.71. The molecule has 2 rings (SSSR count). The maximum Gasteiger partial charge on any atom is 0.156 e. The number of rotatable bonds is 4. The molecular formula is C16H22N2O2. The predicted octanol–water partition coefficient (Wildman–Crippen LogP) is 1.80. The molecule has 108 valence electrons. The number of aliphatic hydroxyl groups is 1. The predicted molar refractivity (Wildman–Crippen MR) is 76.9 cm³/mol. The molecule has 1 aromatic rings. The quantitative estimate of drug-likeness (QED) is 0.909. The summed E-state index contributed by atoms with van der Waals surface area (Å²) in [5, 5.41) is 19.3. The van der Waals surface area contributed by atoms with E-state index < -0.39 is 5.54 Å². The first kappa shape index (κ1) is 15.0. The lowest BCUT2D eigenvalue weighted by molar-refractivity contribution is -0.114. The van der Waals surface area contributed by atoms with Gasteiger partial charge in [-0.15, -0.1) is 0 Å². The Morgan fingerprint density at radius 3 is 2.70 bits per heavy atom. The number of hydrogen-bond acceptors (Lipinski definition) is 4. The van der Waals surface area contributed by atoms with E-state index in [4.69, 9.17) is 4.74 Å². The van der Waals surface area contributed by atoms with Crippen LogP contribution < -0.4 is 0 Å². The standard InChI is InChI=1S/C16H22N2O2/c1-13(2)15-9-20-12-16(10-17,11-19)18(15)8-14-6-4-3-5-7-14/h3-7,13,15,19H,8-9,11-12H2,1-2H3/t15-,16-/m1/s1. The van der Waals surface area contributed by atoms with Crippen molar-refractivity contribution < 1.29 is 9.84 Å². The molecule has 0 saturated carbocycles. The number of morpholine rings is 1. The fraction of sp³-hybridized carbons (Fsp3) is 0.562. The molecule has 4 heteroatoms. The van der Waals surface area contributed by atoms with E-state index in [1.54, 1.807) is 0 Å². The Bertz CT molecular complexity index is 469. The van der Waals surface area contributed by atoms with Crippen molar-refractivity contribution in [2.24, 2.45) is 5.92 Å². The van der Waals surface area contributed by atoms with Gasteiger partial charge < -0.3 is 9.84 Å². The summed E-state index contributed by atoms with van der Waals surface area (Å²) < 4.78 is 5.58. The summed E-state index contributed by atoms with van der Waals surface area (Å²) in [5.41, 5.74) is 0.205. The molecular weight excluding hydrogens is 252 g/mol. The van der Waals surface area contributed by atoms with Crippen LogP contribution in [0, 0.1) is 17.2 Å². The van der Waals surface area contributed by atoms with Crippen LogP contribution in [0.4, 0.5) is 0 Å². The van der Waals surface area contributed by atoms with Crippen molar-refractivity contribution in [1.29, 1.82) is 5.26 Å². The SMILES string of the molecule is CC(C)[C@H]1COC[C@@](C#N)(CO)N1Cc1ccccc1. The second kappa shape index (κ2) is 6.36. The van der Waals surface area contributed by atoms with Gasteiger partial charge in [-0.25, -0.2) is 0 Å². The molecule has 2 atom stereocenters. The van der Waals surface area contributed by atoms with Crippen molar-refractivity contribution >= 4 is 0 Å². The third-order valence-corrected chi connectivity index (χ3v) is 4.01. The molecule has 0 aromatic heterocycles. The molecule has 20 heavy (non-hydrogen) atoms. The van der Waals surface area contributed by atoms with Crippen molar-refractivity contribution in [2.75, 3.05) is 19.8 Å². The van der Waals surface area contributed by atoms with Crippen molar-refractivity contribution in [3.63, 3.8) is 0 Å². The average Bonchev–Trinajstić information content (AvgIpc) is 2.48. The second-order valence-corrected chi connectivity index (χ2v) is 5.74. The monoisotopic (exact) mass is 274 g/mol. The van der Waals surface area contributed by atoms with Crippen LogP contribution in [-0.2, 0) is 11.3 Å². The summed E-state index contributed by atoms with van der Waals surface area (Å²) in [7, 11) is 0. The highest BCUT2D eigenvalue weighted by atomic mass is 16.5. The number of aliphatic hydroxyl groups excluding tert-OH is 1. The number of nitriles is 1. The first-order chi connectivity index (χ1) is 9.63. The van der Waals surface area contributed by atoms with Gasteiger partial charge in [0.15, 0.2) is 5.54 Å². The Labute approximate surface area is 120 Å². The van der Waals surface area contributed by atoms with E-state index in [1.807, 2.05) is 30.3 Å². The summed E-state index contributed by atoms with van der Waals surface area (Å²) >= 11 is 0. The first-order valence-electron chi connectivity index (χ1n) is 7.03. The second-order valence-electron chi connectivity index (χ2n) is 5.74. The van der Waals surface area contributed by atoms with Gasteiger partial charge in [-0.2, -0.15) is 5.26 Å². The number of ether oxygens (including phenoxy) is 1. The van der Waals surface area contributed by atoms with E-state index in [9.17, 15) is 10.4 Å². The van der Waals surface area contributed by atoms with Crippen LogP contribution in [0.3, 0.4) is 0 Å². The van der Waals surface area contributed by atoms with Gasteiger partial charge in [-0.1, -0.05) is 44.2 Å². The molecule has 1 saturated heterocycles. The Hall–Kier alpha value is -1.41. The van der Waals surface area contributed by atoms with Crippen molar-refractivity contribution in [2.45, 2.75) is 32.0 Å². The van der Waals surface area contributed by atoms with Gasteiger partial charge in [0.2, 0.25) is 0 Å². The summed E-state index contributed by atoms with van der Waals surface area (Å²) in [6.45, 7) is 5.55. The summed E-state index contributed by atoms with van der Waals surface area (Å²) in [6, 6.07) is 12.5. The summed E-state index contributed by atoms with van der Waals surface area (Å²) in [6.07, 6.45) is 0. The minimum absolute atomic E-state index is 0.135. The van der Waals surface area contributed by atoms with E-state index in [1.165, 1.54) is 0 Å². The van der Waals surface area contributed by atoms with Crippen LogP contribution >= 0.6 is 0 Å². The van der Waals surface area contributed by atoms with Crippen LogP contribution in [-0.4, -0.2) is 41.4 Å².